The van der Waals surface area contributed by atoms with E-state index in [0.717, 1.165) is 44.9 Å². The molecule has 3 aliphatic rings. The molecule has 1 spiro atoms. The van der Waals surface area contributed by atoms with Gasteiger partial charge in [0, 0.05) is 50.5 Å². The van der Waals surface area contributed by atoms with Gasteiger partial charge >= 0.3 is 12.3 Å². The zero-order chi connectivity index (χ0) is 24.2. The fourth-order valence-electron chi connectivity index (χ4n) is 5.61. The van der Waals surface area contributed by atoms with Crippen LogP contribution in [-0.4, -0.2) is 76.8 Å². The molecule has 2 saturated heterocycles. The summed E-state index contributed by atoms with van der Waals surface area (Å²) in [6, 6.07) is -0.348. The lowest BCUT2D eigenvalue weighted by atomic mass is 9.61. The van der Waals surface area contributed by atoms with Gasteiger partial charge in [0.15, 0.2) is 0 Å². The van der Waals surface area contributed by atoms with Crippen LogP contribution in [0.3, 0.4) is 0 Å². The molecule has 1 amide bonds. The number of rotatable bonds is 3. The second kappa shape index (κ2) is 8.29. The summed E-state index contributed by atoms with van der Waals surface area (Å²) in [6.45, 7) is 14.7. The topological polar surface area (TPSA) is 61.8 Å². The summed E-state index contributed by atoms with van der Waals surface area (Å²) in [7, 11) is 0. The largest absolute Gasteiger partial charge is 0.446 e. The number of carbonyl (C=O) groups excluding carboxylic acids is 1. The van der Waals surface area contributed by atoms with Crippen molar-refractivity contribution < 1.29 is 22.7 Å². The summed E-state index contributed by atoms with van der Waals surface area (Å²) in [5, 5.41) is 0. The smallest absolute Gasteiger partial charge is 0.419 e. The molecule has 0 radical (unpaired) electrons. The highest BCUT2D eigenvalue weighted by molar-refractivity contribution is 5.69. The maximum atomic E-state index is 12.9. The Morgan fingerprint density at radius 2 is 1.64 bits per heavy atom. The van der Waals surface area contributed by atoms with Crippen molar-refractivity contribution in [1.29, 1.82) is 0 Å². The maximum Gasteiger partial charge on any atom is 0.419 e. The van der Waals surface area contributed by atoms with Gasteiger partial charge in [-0.05, 0) is 32.1 Å². The first-order valence-corrected chi connectivity index (χ1v) is 11.6. The standard InChI is InChI=1S/C23H34F3N5O2/c1-15-10-30(19-27-8-17(9-28-19)23(24,25)26)11-16(2)31(15)20(32)33-18-6-22(7-18)13-29(14-22)12-21(3,4)5/h8-9,15-16,18H,6-7,10-14H2,1-5H3/t15-,16-/m1/s1. The van der Waals surface area contributed by atoms with Gasteiger partial charge in [0.25, 0.3) is 0 Å². The monoisotopic (exact) mass is 469 g/mol. The number of piperazine rings is 1. The molecule has 4 rings (SSSR count). The van der Waals surface area contributed by atoms with Gasteiger partial charge in [-0.2, -0.15) is 13.2 Å². The molecule has 2 atom stereocenters. The highest BCUT2D eigenvalue weighted by Crippen LogP contribution is 2.50. The Balaban J connectivity index is 1.27. The van der Waals surface area contributed by atoms with E-state index in [4.69, 9.17) is 4.74 Å². The van der Waals surface area contributed by atoms with Gasteiger partial charge in [0.05, 0.1) is 17.6 Å². The van der Waals surface area contributed by atoms with Crippen molar-refractivity contribution in [2.75, 3.05) is 37.6 Å². The molecule has 3 fully saturated rings. The predicted octanol–water partition coefficient (Wildman–Crippen LogP) is 4.04. The lowest BCUT2D eigenvalue weighted by Gasteiger charge is -2.59. The number of hydrogen-bond donors (Lipinski definition) is 0. The van der Waals surface area contributed by atoms with E-state index in [1.165, 1.54) is 0 Å². The molecule has 1 aromatic heterocycles. The molecule has 0 N–H and O–H groups in total. The van der Waals surface area contributed by atoms with Gasteiger partial charge in [0.2, 0.25) is 5.95 Å². The number of ether oxygens (including phenoxy) is 1. The summed E-state index contributed by atoms with van der Waals surface area (Å²) < 4.78 is 44.1. The van der Waals surface area contributed by atoms with Crippen molar-refractivity contribution in [2.45, 2.75) is 71.8 Å². The highest BCUT2D eigenvalue weighted by Gasteiger charge is 2.54. The predicted molar refractivity (Wildman–Crippen MR) is 118 cm³/mol. The molecule has 0 bridgehead atoms. The number of amides is 1. The fourth-order valence-corrected chi connectivity index (χ4v) is 5.61. The Hall–Kier alpha value is -2.10. The Bertz CT molecular complexity index is 844. The van der Waals surface area contributed by atoms with Crippen LogP contribution >= 0.6 is 0 Å². The lowest BCUT2D eigenvalue weighted by molar-refractivity contribution is -0.141. The normalized spacial score (nSPS) is 26.2. The fraction of sp³-hybridized carbons (Fsp3) is 0.783. The zero-order valence-electron chi connectivity index (χ0n) is 20.0. The van der Waals surface area contributed by atoms with Crippen molar-refractivity contribution in [3.8, 4) is 0 Å². The number of carbonyl (C=O) groups is 1. The number of hydrogen-bond acceptors (Lipinski definition) is 6. The van der Waals surface area contributed by atoms with Gasteiger partial charge in [-0.15, -0.1) is 0 Å². The van der Waals surface area contributed by atoms with E-state index in [9.17, 15) is 18.0 Å². The molecular formula is C23H34F3N5O2. The molecular weight excluding hydrogens is 435 g/mol. The summed E-state index contributed by atoms with van der Waals surface area (Å²) in [4.78, 5) is 26.7. The van der Waals surface area contributed by atoms with Crippen LogP contribution in [0, 0.1) is 10.8 Å². The van der Waals surface area contributed by atoms with Crippen LogP contribution in [0.5, 0.6) is 0 Å². The summed E-state index contributed by atoms with van der Waals surface area (Å²) >= 11 is 0. The Morgan fingerprint density at radius 1 is 1.09 bits per heavy atom. The van der Waals surface area contributed by atoms with E-state index >= 15 is 0 Å². The number of halogens is 3. The van der Waals surface area contributed by atoms with Crippen LogP contribution in [0.2, 0.25) is 0 Å². The molecule has 184 valence electrons. The average Bonchev–Trinajstić information content (AvgIpc) is 2.62. The highest BCUT2D eigenvalue weighted by atomic mass is 19.4. The molecule has 0 unspecified atom stereocenters. The van der Waals surface area contributed by atoms with Crippen molar-refractivity contribution >= 4 is 12.0 Å². The SMILES string of the molecule is C[C@@H]1CN(c2ncc(C(F)(F)F)cn2)C[C@@H](C)N1C(=O)OC1CC2(C1)CN(CC(C)(C)C)C2. The van der Waals surface area contributed by atoms with E-state index in [2.05, 4.69) is 35.6 Å². The van der Waals surface area contributed by atoms with Crippen molar-refractivity contribution in [2.24, 2.45) is 10.8 Å². The van der Waals surface area contributed by atoms with Crippen LogP contribution < -0.4 is 4.90 Å². The first-order valence-electron chi connectivity index (χ1n) is 11.6. The third-order valence-corrected chi connectivity index (χ3v) is 6.78. The van der Waals surface area contributed by atoms with Crippen LogP contribution in [0.15, 0.2) is 12.4 Å². The summed E-state index contributed by atoms with van der Waals surface area (Å²) in [5.41, 5.74) is -0.274. The van der Waals surface area contributed by atoms with Gasteiger partial charge < -0.3 is 14.5 Å². The van der Waals surface area contributed by atoms with Crippen LogP contribution in [0.4, 0.5) is 23.9 Å². The molecule has 1 aliphatic carbocycles. The van der Waals surface area contributed by atoms with E-state index in [1.54, 1.807) is 4.90 Å². The third-order valence-electron chi connectivity index (χ3n) is 6.78. The molecule has 1 saturated carbocycles. The number of likely N-dealkylation sites (tertiary alicyclic amines) is 1. The molecule has 1 aromatic rings. The molecule has 7 nitrogen and oxygen atoms in total. The third kappa shape index (κ3) is 5.20. The first kappa shape index (κ1) is 24.0. The Morgan fingerprint density at radius 3 is 2.12 bits per heavy atom. The molecule has 10 heteroatoms. The van der Waals surface area contributed by atoms with E-state index in [0.29, 0.717) is 18.5 Å². The number of anilines is 1. The van der Waals surface area contributed by atoms with Gasteiger partial charge in [-0.25, -0.2) is 14.8 Å². The van der Waals surface area contributed by atoms with E-state index < -0.39 is 11.7 Å². The minimum Gasteiger partial charge on any atom is -0.446 e. The lowest BCUT2D eigenvalue weighted by Crippen LogP contribution is -2.66. The average molecular weight is 470 g/mol. The van der Waals surface area contributed by atoms with Crippen molar-refractivity contribution in [3.63, 3.8) is 0 Å². The van der Waals surface area contributed by atoms with Crippen molar-refractivity contribution in [3.05, 3.63) is 18.0 Å². The second-order valence-corrected chi connectivity index (χ2v) is 11.4. The van der Waals surface area contributed by atoms with Gasteiger partial charge in [-0.3, -0.25) is 4.90 Å². The minimum atomic E-state index is -4.47. The number of nitrogens with zero attached hydrogens (tertiary/aromatic N) is 5. The quantitative estimate of drug-likeness (QED) is 0.666. The first-order chi connectivity index (χ1) is 15.2. The zero-order valence-corrected chi connectivity index (χ0v) is 20.0. The number of aromatic nitrogens is 2. The number of alkyl halides is 3. The molecule has 2 aliphatic heterocycles. The Kier molecular flexibility index (Phi) is 6.04. The van der Waals surface area contributed by atoms with Crippen molar-refractivity contribution in [1.82, 2.24) is 19.8 Å². The summed E-state index contributed by atoms with van der Waals surface area (Å²) in [6.07, 6.45) is -1.38. The van der Waals surface area contributed by atoms with Crippen LogP contribution in [0.25, 0.3) is 0 Å². The van der Waals surface area contributed by atoms with E-state index in [1.807, 2.05) is 18.7 Å². The maximum absolute atomic E-state index is 12.9. The Labute approximate surface area is 193 Å². The summed E-state index contributed by atoms with van der Waals surface area (Å²) in [5.74, 6) is 0.237. The van der Waals surface area contributed by atoms with Gasteiger partial charge in [-0.1, -0.05) is 20.8 Å². The minimum absolute atomic E-state index is 0.0371. The van der Waals surface area contributed by atoms with Crippen LogP contribution in [0.1, 0.15) is 53.0 Å². The molecule has 3 heterocycles. The van der Waals surface area contributed by atoms with Gasteiger partial charge in [0.1, 0.15) is 6.10 Å². The molecule has 33 heavy (non-hydrogen) atoms. The second-order valence-electron chi connectivity index (χ2n) is 11.4. The van der Waals surface area contributed by atoms with Crippen LogP contribution in [-0.2, 0) is 10.9 Å². The van der Waals surface area contributed by atoms with E-state index in [-0.39, 0.29) is 35.6 Å². The molecule has 0 aromatic carbocycles.